The molecule has 0 saturated carbocycles. The fourth-order valence-corrected chi connectivity index (χ4v) is 2.60. The van der Waals surface area contributed by atoms with Gasteiger partial charge in [-0.25, -0.2) is 4.98 Å². The lowest BCUT2D eigenvalue weighted by Crippen LogP contribution is -2.26. The van der Waals surface area contributed by atoms with E-state index in [9.17, 15) is 4.79 Å². The zero-order chi connectivity index (χ0) is 17.1. The van der Waals surface area contributed by atoms with E-state index in [1.807, 2.05) is 42.5 Å². The number of nitrogens with zero attached hydrogens (tertiary/aromatic N) is 3. The monoisotopic (exact) mass is 332 g/mol. The van der Waals surface area contributed by atoms with E-state index in [1.165, 1.54) is 0 Å². The topological polar surface area (TPSA) is 99.3 Å². The first kappa shape index (κ1) is 15.1. The van der Waals surface area contributed by atoms with E-state index in [1.54, 1.807) is 12.3 Å². The summed E-state index contributed by atoms with van der Waals surface area (Å²) in [7, 11) is 0. The summed E-state index contributed by atoms with van der Waals surface area (Å²) in [5, 5.41) is 9.75. The Morgan fingerprint density at radius 2 is 1.96 bits per heavy atom. The van der Waals surface area contributed by atoms with Crippen LogP contribution in [0.1, 0.15) is 16.3 Å². The van der Waals surface area contributed by atoms with Crippen molar-refractivity contribution in [2.75, 3.05) is 6.54 Å². The third-order valence-electron chi connectivity index (χ3n) is 3.84. The van der Waals surface area contributed by atoms with Crippen LogP contribution in [0.2, 0.25) is 0 Å². The molecule has 0 fully saturated rings. The maximum atomic E-state index is 12.2. The summed E-state index contributed by atoms with van der Waals surface area (Å²) in [5.41, 5.74) is 3.70. The third-order valence-corrected chi connectivity index (χ3v) is 3.84. The number of aromatic nitrogens is 5. The van der Waals surface area contributed by atoms with E-state index < -0.39 is 0 Å². The molecule has 4 rings (SSSR count). The van der Waals surface area contributed by atoms with Crippen LogP contribution in [0.15, 0.2) is 54.7 Å². The normalized spacial score (nSPS) is 10.9. The summed E-state index contributed by atoms with van der Waals surface area (Å²) in [4.78, 5) is 24.2. The lowest BCUT2D eigenvalue weighted by Gasteiger charge is -2.01. The van der Waals surface area contributed by atoms with E-state index in [4.69, 9.17) is 0 Å². The summed E-state index contributed by atoms with van der Waals surface area (Å²) in [5.74, 6) is 0.645. The van der Waals surface area contributed by atoms with Crippen LogP contribution in [0, 0.1) is 0 Å². The number of carbonyl (C=O) groups is 1. The number of H-pyrrole nitrogens is 2. The molecule has 1 aromatic carbocycles. The first-order valence-corrected chi connectivity index (χ1v) is 7.98. The van der Waals surface area contributed by atoms with Gasteiger partial charge in [0.2, 0.25) is 0 Å². The minimum atomic E-state index is -0.203. The third kappa shape index (κ3) is 3.25. The van der Waals surface area contributed by atoms with Gasteiger partial charge in [-0.05, 0) is 30.3 Å². The highest BCUT2D eigenvalue weighted by atomic mass is 16.1. The van der Waals surface area contributed by atoms with Crippen molar-refractivity contribution in [1.82, 2.24) is 30.5 Å². The van der Waals surface area contributed by atoms with Gasteiger partial charge in [0.15, 0.2) is 0 Å². The van der Waals surface area contributed by atoms with Crippen molar-refractivity contribution in [3.05, 3.63) is 66.2 Å². The summed E-state index contributed by atoms with van der Waals surface area (Å²) < 4.78 is 0. The van der Waals surface area contributed by atoms with Gasteiger partial charge in [-0.1, -0.05) is 18.2 Å². The van der Waals surface area contributed by atoms with Gasteiger partial charge in [0, 0.05) is 19.2 Å². The molecule has 0 spiro atoms. The summed E-state index contributed by atoms with van der Waals surface area (Å²) in [6.07, 6.45) is 2.32. The van der Waals surface area contributed by atoms with Crippen LogP contribution in [0.3, 0.4) is 0 Å². The maximum Gasteiger partial charge on any atom is 0.269 e. The average molecular weight is 332 g/mol. The van der Waals surface area contributed by atoms with Gasteiger partial charge in [0.05, 0.1) is 16.7 Å². The molecule has 0 aliphatic heterocycles. The number of rotatable bonds is 5. The first-order valence-electron chi connectivity index (χ1n) is 7.98. The van der Waals surface area contributed by atoms with Crippen LogP contribution in [0.4, 0.5) is 0 Å². The Hall–Kier alpha value is -3.48. The number of para-hydroxylation sites is 2. The van der Waals surface area contributed by atoms with E-state index in [0.29, 0.717) is 24.4 Å². The predicted octanol–water partition coefficient (Wildman–Crippen LogP) is 2.32. The number of nitrogens with one attached hydrogen (secondary N) is 3. The number of imidazole rings is 1. The molecule has 25 heavy (non-hydrogen) atoms. The zero-order valence-corrected chi connectivity index (χ0v) is 13.4. The molecule has 0 aliphatic carbocycles. The van der Waals surface area contributed by atoms with E-state index in [-0.39, 0.29) is 5.91 Å². The molecule has 7 heteroatoms. The Kier molecular flexibility index (Phi) is 3.96. The van der Waals surface area contributed by atoms with Crippen molar-refractivity contribution in [3.8, 4) is 11.4 Å². The second-order valence-corrected chi connectivity index (χ2v) is 5.59. The molecular weight excluding hydrogens is 316 g/mol. The van der Waals surface area contributed by atoms with Crippen molar-refractivity contribution in [2.24, 2.45) is 0 Å². The van der Waals surface area contributed by atoms with Gasteiger partial charge < -0.3 is 10.3 Å². The molecule has 4 aromatic rings. The second kappa shape index (κ2) is 6.56. The molecule has 0 atom stereocenters. The molecule has 3 heterocycles. The van der Waals surface area contributed by atoms with Crippen molar-refractivity contribution < 1.29 is 4.79 Å². The lowest BCUT2D eigenvalue weighted by atomic mass is 10.2. The number of pyridine rings is 1. The Morgan fingerprint density at radius 3 is 2.80 bits per heavy atom. The Balaban J connectivity index is 1.37. The summed E-state index contributed by atoms with van der Waals surface area (Å²) in [6.45, 7) is 0.483. The maximum absolute atomic E-state index is 12.2. The van der Waals surface area contributed by atoms with Gasteiger partial charge in [-0.2, -0.15) is 5.10 Å². The minimum absolute atomic E-state index is 0.203. The van der Waals surface area contributed by atoms with Gasteiger partial charge in [-0.15, -0.1) is 0 Å². The molecular formula is C18H16N6O. The summed E-state index contributed by atoms with van der Waals surface area (Å²) >= 11 is 0. The van der Waals surface area contributed by atoms with E-state index in [0.717, 1.165) is 22.6 Å². The highest BCUT2D eigenvalue weighted by Crippen LogP contribution is 2.14. The fraction of sp³-hybridized carbons (Fsp3) is 0.111. The molecule has 7 nitrogen and oxygen atoms in total. The first-order chi connectivity index (χ1) is 12.3. The van der Waals surface area contributed by atoms with Gasteiger partial charge >= 0.3 is 0 Å². The zero-order valence-electron chi connectivity index (χ0n) is 13.4. The molecule has 0 saturated heterocycles. The molecule has 0 bridgehead atoms. The predicted molar refractivity (Wildman–Crippen MR) is 93.9 cm³/mol. The Labute approximate surface area is 143 Å². The highest BCUT2D eigenvalue weighted by Gasteiger charge is 2.11. The van der Waals surface area contributed by atoms with Crippen molar-refractivity contribution >= 4 is 16.9 Å². The van der Waals surface area contributed by atoms with Crippen molar-refractivity contribution in [1.29, 1.82) is 0 Å². The highest BCUT2D eigenvalue weighted by molar-refractivity contribution is 5.93. The van der Waals surface area contributed by atoms with Crippen LogP contribution in [-0.4, -0.2) is 37.6 Å². The quantitative estimate of drug-likeness (QED) is 0.522. The SMILES string of the molecule is O=C(NCCc1nc2ccccc2[nH]1)c1cc(-c2ccccn2)n[nH]1. The number of amides is 1. The largest absolute Gasteiger partial charge is 0.350 e. The molecule has 3 N–H and O–H groups in total. The van der Waals surface area contributed by atoms with Gasteiger partial charge in [-0.3, -0.25) is 14.9 Å². The standard InChI is InChI=1S/C18H16N6O/c25-18(16-11-15(23-24-16)12-5-3-4-9-19-12)20-10-8-17-21-13-6-1-2-7-14(13)22-17/h1-7,9,11H,8,10H2,(H,20,25)(H,21,22)(H,23,24). The van der Waals surface area contributed by atoms with E-state index in [2.05, 4.69) is 30.5 Å². The smallest absolute Gasteiger partial charge is 0.269 e. The Morgan fingerprint density at radius 1 is 1.08 bits per heavy atom. The number of hydrogen-bond donors (Lipinski definition) is 3. The van der Waals surface area contributed by atoms with Gasteiger partial charge in [0.1, 0.15) is 17.2 Å². The van der Waals surface area contributed by atoms with Crippen LogP contribution >= 0.6 is 0 Å². The molecule has 3 aromatic heterocycles. The number of hydrogen-bond acceptors (Lipinski definition) is 4. The number of fused-ring (bicyclic) bond motifs is 1. The van der Waals surface area contributed by atoms with Crippen LogP contribution < -0.4 is 5.32 Å². The fourth-order valence-electron chi connectivity index (χ4n) is 2.60. The van der Waals surface area contributed by atoms with E-state index >= 15 is 0 Å². The molecule has 0 radical (unpaired) electrons. The minimum Gasteiger partial charge on any atom is -0.350 e. The van der Waals surface area contributed by atoms with Crippen molar-refractivity contribution in [2.45, 2.75) is 6.42 Å². The second-order valence-electron chi connectivity index (χ2n) is 5.59. The number of carbonyl (C=O) groups excluding carboxylic acids is 1. The van der Waals surface area contributed by atoms with Crippen molar-refractivity contribution in [3.63, 3.8) is 0 Å². The lowest BCUT2D eigenvalue weighted by molar-refractivity contribution is 0.0949. The molecule has 124 valence electrons. The molecule has 0 unspecified atom stereocenters. The van der Waals surface area contributed by atoms with Crippen LogP contribution in [0.5, 0.6) is 0 Å². The number of aromatic amines is 2. The van der Waals surface area contributed by atoms with Crippen LogP contribution in [-0.2, 0) is 6.42 Å². The van der Waals surface area contributed by atoms with Crippen LogP contribution in [0.25, 0.3) is 22.4 Å². The average Bonchev–Trinajstić information content (AvgIpc) is 3.29. The summed E-state index contributed by atoms with van der Waals surface area (Å²) in [6, 6.07) is 15.1. The molecule has 1 amide bonds. The number of benzene rings is 1. The van der Waals surface area contributed by atoms with Gasteiger partial charge in [0.25, 0.3) is 5.91 Å². The molecule has 0 aliphatic rings. The Bertz CT molecular complexity index is 972.